The number of nitro groups is 1. The molecule has 1 aromatic heterocycles. The second-order valence-electron chi connectivity index (χ2n) is 6.17. The third kappa shape index (κ3) is 4.96. The highest BCUT2D eigenvalue weighted by Crippen LogP contribution is 2.31. The van der Waals surface area contributed by atoms with Gasteiger partial charge >= 0.3 is 0 Å². The number of halogens is 2. The van der Waals surface area contributed by atoms with Crippen LogP contribution in [-0.2, 0) is 0 Å². The number of carbonyl (C=O) groups excluding carboxylic acids is 1. The number of aromatic nitrogens is 1. The zero-order valence-electron chi connectivity index (χ0n) is 15.2. The highest BCUT2D eigenvalue weighted by atomic mass is 35.5. The van der Waals surface area contributed by atoms with E-state index < -0.39 is 4.92 Å². The standard InChI is InChI=1S/C18H17ClN4O3S.ClH/c1-21(2)9-10-22(17(24)12-3-6-14(7-4-12)23(25)26)18-20-15-8-5-13(19)11-16(15)27-18;/h3-8,11H,9-10H2,1-2H3;1H. The van der Waals surface area contributed by atoms with Crippen LogP contribution in [0.2, 0.25) is 5.02 Å². The Kier molecular flexibility index (Phi) is 7.31. The van der Waals surface area contributed by atoms with Crippen molar-refractivity contribution in [2.75, 3.05) is 32.1 Å². The molecule has 0 N–H and O–H groups in total. The van der Waals surface area contributed by atoms with Crippen LogP contribution >= 0.6 is 35.3 Å². The number of rotatable bonds is 6. The van der Waals surface area contributed by atoms with Crippen LogP contribution in [0.3, 0.4) is 0 Å². The minimum Gasteiger partial charge on any atom is -0.308 e. The average Bonchev–Trinajstić information content (AvgIpc) is 3.04. The fourth-order valence-electron chi connectivity index (χ4n) is 2.47. The Balaban J connectivity index is 0.00000280. The van der Waals surface area contributed by atoms with Gasteiger partial charge in [0.2, 0.25) is 0 Å². The number of hydrogen-bond donors (Lipinski definition) is 0. The third-order valence-electron chi connectivity index (χ3n) is 3.91. The van der Waals surface area contributed by atoms with Crippen molar-refractivity contribution in [3.63, 3.8) is 0 Å². The number of carbonyl (C=O) groups is 1. The van der Waals surface area contributed by atoms with Gasteiger partial charge in [0.1, 0.15) is 0 Å². The summed E-state index contributed by atoms with van der Waals surface area (Å²) >= 11 is 7.43. The van der Waals surface area contributed by atoms with Crippen LogP contribution in [0.5, 0.6) is 0 Å². The van der Waals surface area contributed by atoms with Gasteiger partial charge in [-0.05, 0) is 44.4 Å². The maximum atomic E-state index is 13.1. The van der Waals surface area contributed by atoms with Crippen molar-refractivity contribution in [2.24, 2.45) is 0 Å². The minimum atomic E-state index is -0.491. The molecule has 0 unspecified atom stereocenters. The number of thiazole rings is 1. The van der Waals surface area contributed by atoms with Crippen LogP contribution in [0, 0.1) is 10.1 Å². The molecule has 0 spiro atoms. The molecule has 1 amide bonds. The number of likely N-dealkylation sites (N-methyl/N-ethyl adjacent to an activating group) is 1. The maximum Gasteiger partial charge on any atom is 0.269 e. The molecule has 1 heterocycles. The lowest BCUT2D eigenvalue weighted by Crippen LogP contribution is -2.36. The van der Waals surface area contributed by atoms with Crippen LogP contribution in [0.25, 0.3) is 10.2 Å². The molecule has 7 nitrogen and oxygen atoms in total. The zero-order valence-corrected chi connectivity index (χ0v) is 17.6. The highest BCUT2D eigenvalue weighted by molar-refractivity contribution is 7.22. The second-order valence-corrected chi connectivity index (χ2v) is 7.62. The lowest BCUT2D eigenvalue weighted by molar-refractivity contribution is -0.384. The van der Waals surface area contributed by atoms with Crippen LogP contribution in [0.1, 0.15) is 10.4 Å². The Hall–Kier alpha value is -2.26. The largest absolute Gasteiger partial charge is 0.308 e. The van der Waals surface area contributed by atoms with Gasteiger partial charge < -0.3 is 4.90 Å². The van der Waals surface area contributed by atoms with Gasteiger partial charge in [-0.2, -0.15) is 0 Å². The molecule has 28 heavy (non-hydrogen) atoms. The third-order valence-corrected chi connectivity index (χ3v) is 5.19. The molecule has 0 saturated carbocycles. The summed E-state index contributed by atoms with van der Waals surface area (Å²) < 4.78 is 0.892. The lowest BCUT2D eigenvalue weighted by Gasteiger charge is -2.22. The molecule has 0 aliphatic heterocycles. The Labute approximate surface area is 177 Å². The molecule has 10 heteroatoms. The summed E-state index contributed by atoms with van der Waals surface area (Å²) in [6.45, 7) is 1.09. The fourth-order valence-corrected chi connectivity index (χ4v) is 3.73. The van der Waals surface area contributed by atoms with Gasteiger partial charge in [-0.15, -0.1) is 12.4 Å². The molecule has 0 aliphatic carbocycles. The number of nitro benzene ring substituents is 1. The molecule has 148 valence electrons. The number of fused-ring (bicyclic) bond motifs is 1. The minimum absolute atomic E-state index is 0. The van der Waals surface area contributed by atoms with Crippen molar-refractivity contribution in [3.8, 4) is 0 Å². The van der Waals surface area contributed by atoms with Crippen molar-refractivity contribution < 1.29 is 9.72 Å². The van der Waals surface area contributed by atoms with Crippen molar-refractivity contribution in [1.82, 2.24) is 9.88 Å². The summed E-state index contributed by atoms with van der Waals surface area (Å²) in [6.07, 6.45) is 0. The van der Waals surface area contributed by atoms with E-state index in [1.54, 1.807) is 11.0 Å². The van der Waals surface area contributed by atoms with E-state index in [1.807, 2.05) is 31.1 Å². The van der Waals surface area contributed by atoms with Gasteiger partial charge in [0.15, 0.2) is 5.13 Å². The van der Waals surface area contributed by atoms with E-state index in [4.69, 9.17) is 11.6 Å². The van der Waals surface area contributed by atoms with Crippen LogP contribution in [0.15, 0.2) is 42.5 Å². The zero-order chi connectivity index (χ0) is 19.6. The highest BCUT2D eigenvalue weighted by Gasteiger charge is 2.22. The van der Waals surface area contributed by atoms with E-state index in [0.29, 0.717) is 28.8 Å². The molecule has 3 rings (SSSR count). The average molecular weight is 441 g/mol. The number of nitrogens with zero attached hydrogens (tertiary/aromatic N) is 4. The van der Waals surface area contributed by atoms with Crippen molar-refractivity contribution in [1.29, 1.82) is 0 Å². The van der Waals surface area contributed by atoms with Crippen molar-refractivity contribution >= 4 is 62.3 Å². The number of hydrogen-bond acceptors (Lipinski definition) is 6. The summed E-state index contributed by atoms with van der Waals surface area (Å²) in [6, 6.07) is 11.0. The first-order valence-electron chi connectivity index (χ1n) is 8.12. The predicted molar refractivity (Wildman–Crippen MR) is 115 cm³/mol. The molecule has 2 aromatic carbocycles. The Morgan fingerprint density at radius 2 is 1.86 bits per heavy atom. The van der Waals surface area contributed by atoms with Crippen molar-refractivity contribution in [2.45, 2.75) is 0 Å². The van der Waals surface area contributed by atoms with Gasteiger partial charge in [0.05, 0.1) is 15.1 Å². The number of amides is 1. The topological polar surface area (TPSA) is 79.6 Å². The van der Waals surface area contributed by atoms with Gasteiger partial charge in [-0.1, -0.05) is 22.9 Å². The number of benzene rings is 2. The van der Waals surface area contributed by atoms with E-state index in [9.17, 15) is 14.9 Å². The lowest BCUT2D eigenvalue weighted by atomic mass is 10.2. The van der Waals surface area contributed by atoms with E-state index in [-0.39, 0.29) is 24.0 Å². The normalized spacial score (nSPS) is 10.7. The summed E-state index contributed by atoms with van der Waals surface area (Å²) in [5.74, 6) is -0.253. The molecule has 0 saturated heterocycles. The molecule has 0 fully saturated rings. The Morgan fingerprint density at radius 3 is 2.46 bits per heavy atom. The fraction of sp³-hybridized carbons (Fsp3) is 0.222. The SMILES string of the molecule is CN(C)CCN(C(=O)c1ccc([N+](=O)[O-])cc1)c1nc2ccc(Cl)cc2s1.Cl. The second kappa shape index (κ2) is 9.29. The first-order valence-corrected chi connectivity index (χ1v) is 9.32. The van der Waals surface area contributed by atoms with Crippen LogP contribution in [0.4, 0.5) is 10.8 Å². The maximum absolute atomic E-state index is 13.1. The first kappa shape index (κ1) is 22.0. The molecule has 3 aromatic rings. The quantitative estimate of drug-likeness (QED) is 0.416. The van der Waals surface area contributed by atoms with E-state index in [2.05, 4.69) is 4.98 Å². The van der Waals surface area contributed by atoms with Crippen LogP contribution in [-0.4, -0.2) is 47.9 Å². The van der Waals surface area contributed by atoms with Crippen LogP contribution < -0.4 is 4.90 Å². The summed E-state index contributed by atoms with van der Waals surface area (Å²) in [5, 5.41) is 12.0. The van der Waals surface area contributed by atoms with E-state index >= 15 is 0 Å². The summed E-state index contributed by atoms with van der Waals surface area (Å²) in [5.41, 5.74) is 1.09. The van der Waals surface area contributed by atoms with Gasteiger partial charge in [-0.3, -0.25) is 19.8 Å². The summed E-state index contributed by atoms with van der Waals surface area (Å²) in [7, 11) is 3.85. The number of non-ortho nitro benzene ring substituents is 1. The Morgan fingerprint density at radius 1 is 1.18 bits per heavy atom. The predicted octanol–water partition coefficient (Wildman–Crippen LogP) is 4.49. The molecular formula is C18H18Cl2N4O3S. The monoisotopic (exact) mass is 440 g/mol. The Bertz CT molecular complexity index is 992. The molecule has 0 aliphatic rings. The molecule has 0 atom stereocenters. The van der Waals surface area contributed by atoms with Crippen molar-refractivity contribution in [3.05, 3.63) is 63.2 Å². The summed E-state index contributed by atoms with van der Waals surface area (Å²) in [4.78, 5) is 31.5. The molecule has 0 radical (unpaired) electrons. The van der Waals surface area contributed by atoms with Gasteiger partial charge in [0, 0.05) is 35.8 Å². The van der Waals surface area contributed by atoms with E-state index in [1.165, 1.54) is 35.6 Å². The first-order chi connectivity index (χ1) is 12.8. The van der Waals surface area contributed by atoms with Gasteiger partial charge in [-0.25, -0.2) is 4.98 Å². The van der Waals surface area contributed by atoms with E-state index in [0.717, 1.165) is 10.2 Å². The smallest absolute Gasteiger partial charge is 0.269 e. The molecule has 0 bridgehead atoms. The number of anilines is 1. The van der Waals surface area contributed by atoms with Gasteiger partial charge in [0.25, 0.3) is 11.6 Å². The molecular weight excluding hydrogens is 423 g/mol.